The number of nitrogens with two attached hydrogens (primary N) is 1. The van der Waals surface area contributed by atoms with Crippen LogP contribution in [0.2, 0.25) is 0 Å². The molecule has 9 heteroatoms. The summed E-state index contributed by atoms with van der Waals surface area (Å²) in [5, 5.41) is 6.85. The smallest absolute Gasteiger partial charge is 0.340 e. The fourth-order valence-electron chi connectivity index (χ4n) is 2.90. The van der Waals surface area contributed by atoms with Crippen LogP contribution >= 0.6 is 0 Å². The molecule has 0 atom stereocenters. The van der Waals surface area contributed by atoms with E-state index in [9.17, 15) is 13.2 Å². The summed E-state index contributed by atoms with van der Waals surface area (Å²) in [6.45, 7) is 0. The fourth-order valence-corrected chi connectivity index (χ4v) is 2.90. The molecule has 3 N–H and O–H groups in total. The molecule has 27 heavy (non-hydrogen) atoms. The minimum Gasteiger partial charge on any atom is -0.340 e. The van der Waals surface area contributed by atoms with Gasteiger partial charge in [0, 0.05) is 11.9 Å². The highest BCUT2D eigenvalue weighted by Crippen LogP contribution is 2.38. The van der Waals surface area contributed by atoms with Gasteiger partial charge in [-0.1, -0.05) is 11.2 Å². The van der Waals surface area contributed by atoms with Crippen molar-refractivity contribution in [1.82, 2.24) is 15.1 Å². The van der Waals surface area contributed by atoms with Gasteiger partial charge in [0.1, 0.15) is 5.82 Å². The second kappa shape index (κ2) is 6.34. The fraction of sp³-hybridized carbons (Fsp3) is 0.278. The molecule has 0 aliphatic heterocycles. The number of nitrogens with zero attached hydrogens (tertiary/aromatic N) is 3. The van der Waals surface area contributed by atoms with Crippen molar-refractivity contribution >= 4 is 11.5 Å². The monoisotopic (exact) mass is 375 g/mol. The molecular weight excluding hydrogens is 359 g/mol. The molecule has 0 radical (unpaired) electrons. The predicted octanol–water partition coefficient (Wildman–Crippen LogP) is 4.23. The van der Waals surface area contributed by atoms with Crippen LogP contribution in [0.4, 0.5) is 24.7 Å². The quantitative estimate of drug-likeness (QED) is 0.709. The van der Waals surface area contributed by atoms with Crippen LogP contribution in [-0.4, -0.2) is 15.1 Å². The van der Waals surface area contributed by atoms with Crippen molar-refractivity contribution in [2.45, 2.75) is 31.0 Å². The van der Waals surface area contributed by atoms with Crippen molar-refractivity contribution in [2.24, 2.45) is 5.73 Å². The molecule has 1 fully saturated rings. The van der Waals surface area contributed by atoms with E-state index in [4.69, 9.17) is 10.3 Å². The highest BCUT2D eigenvalue weighted by Gasteiger charge is 2.39. The molecule has 1 aliphatic rings. The van der Waals surface area contributed by atoms with E-state index in [1.165, 1.54) is 18.3 Å². The Balaban J connectivity index is 1.64. The molecule has 4 rings (SSSR count). The highest BCUT2D eigenvalue weighted by molar-refractivity contribution is 5.73. The zero-order valence-corrected chi connectivity index (χ0v) is 14.1. The number of hydrogen-bond donors (Lipinski definition) is 2. The van der Waals surface area contributed by atoms with Gasteiger partial charge in [0.05, 0.1) is 16.7 Å². The van der Waals surface area contributed by atoms with E-state index in [0.29, 0.717) is 17.2 Å². The Morgan fingerprint density at radius 2 is 1.96 bits per heavy atom. The number of nitrogens with one attached hydrogen (secondary N) is 1. The first-order valence-electron chi connectivity index (χ1n) is 8.38. The predicted molar refractivity (Wildman–Crippen MR) is 92.0 cm³/mol. The van der Waals surface area contributed by atoms with Gasteiger partial charge in [-0.3, -0.25) is 0 Å². The van der Waals surface area contributed by atoms with Crippen LogP contribution in [-0.2, 0) is 11.7 Å². The number of rotatable bonds is 4. The minimum absolute atomic E-state index is 0.212. The van der Waals surface area contributed by atoms with Gasteiger partial charge in [-0.05, 0) is 49.6 Å². The summed E-state index contributed by atoms with van der Waals surface area (Å²) >= 11 is 0. The van der Waals surface area contributed by atoms with Crippen molar-refractivity contribution in [2.75, 3.05) is 5.32 Å². The van der Waals surface area contributed by atoms with Crippen LogP contribution in [0.3, 0.4) is 0 Å². The van der Waals surface area contributed by atoms with Gasteiger partial charge in [0.25, 0.3) is 5.89 Å². The normalized spacial score (nSPS) is 16.0. The summed E-state index contributed by atoms with van der Waals surface area (Å²) < 4.78 is 44.1. The summed E-state index contributed by atoms with van der Waals surface area (Å²) in [4.78, 5) is 8.57. The molecule has 0 spiro atoms. The third kappa shape index (κ3) is 3.37. The highest BCUT2D eigenvalue weighted by atomic mass is 19.4. The van der Waals surface area contributed by atoms with Crippen LogP contribution in [0.1, 0.15) is 30.7 Å². The molecule has 6 nitrogen and oxygen atoms in total. The van der Waals surface area contributed by atoms with E-state index in [1.807, 2.05) is 0 Å². The third-order valence-corrected chi connectivity index (χ3v) is 4.61. The topological polar surface area (TPSA) is 89.9 Å². The molecule has 1 aliphatic carbocycles. The molecule has 2 heterocycles. The Hall–Kier alpha value is -2.94. The maximum absolute atomic E-state index is 12.9. The zero-order chi connectivity index (χ0) is 19.1. The summed E-state index contributed by atoms with van der Waals surface area (Å²) in [6, 6.07) is 8.25. The molecule has 0 unspecified atom stereocenters. The zero-order valence-electron chi connectivity index (χ0n) is 14.1. The second-order valence-corrected chi connectivity index (χ2v) is 6.54. The average Bonchev–Trinajstić information content (AvgIpc) is 3.10. The maximum atomic E-state index is 12.9. The minimum atomic E-state index is -4.43. The Morgan fingerprint density at radius 1 is 1.15 bits per heavy atom. The van der Waals surface area contributed by atoms with Crippen LogP contribution in [0.25, 0.3) is 11.5 Å². The van der Waals surface area contributed by atoms with E-state index >= 15 is 0 Å². The summed E-state index contributed by atoms with van der Waals surface area (Å²) in [6.07, 6.45) is -0.324. The number of aromatic nitrogens is 3. The lowest BCUT2D eigenvalue weighted by atomic mass is 9.77. The van der Waals surface area contributed by atoms with E-state index < -0.39 is 17.3 Å². The van der Waals surface area contributed by atoms with Gasteiger partial charge in [0.15, 0.2) is 5.82 Å². The number of alkyl halides is 3. The molecule has 1 aromatic carbocycles. The maximum Gasteiger partial charge on any atom is 0.416 e. The second-order valence-electron chi connectivity index (χ2n) is 6.54. The third-order valence-electron chi connectivity index (χ3n) is 4.61. The van der Waals surface area contributed by atoms with E-state index in [-0.39, 0.29) is 11.6 Å². The number of hydrogen-bond acceptors (Lipinski definition) is 6. The summed E-state index contributed by atoms with van der Waals surface area (Å²) in [5.41, 5.74) is 5.62. The van der Waals surface area contributed by atoms with Gasteiger partial charge in [-0.15, -0.1) is 0 Å². The first-order chi connectivity index (χ1) is 12.9. The lowest BCUT2D eigenvalue weighted by molar-refractivity contribution is -0.137. The van der Waals surface area contributed by atoms with Crippen LogP contribution in [0.5, 0.6) is 0 Å². The first-order valence-corrected chi connectivity index (χ1v) is 8.38. The Bertz CT molecular complexity index is 965. The van der Waals surface area contributed by atoms with E-state index in [0.717, 1.165) is 31.4 Å². The van der Waals surface area contributed by atoms with Gasteiger partial charge >= 0.3 is 6.18 Å². The molecule has 0 saturated heterocycles. The Kier molecular flexibility index (Phi) is 4.11. The lowest BCUT2D eigenvalue weighted by Crippen LogP contribution is -2.44. The molecule has 140 valence electrons. The van der Waals surface area contributed by atoms with Crippen molar-refractivity contribution in [1.29, 1.82) is 0 Å². The van der Waals surface area contributed by atoms with Crippen molar-refractivity contribution in [3.8, 4) is 11.5 Å². The van der Waals surface area contributed by atoms with Gasteiger partial charge < -0.3 is 15.6 Å². The van der Waals surface area contributed by atoms with E-state index in [1.54, 1.807) is 12.1 Å². The molecule has 3 aromatic rings. The van der Waals surface area contributed by atoms with Crippen LogP contribution in [0, 0.1) is 0 Å². The molecule has 0 bridgehead atoms. The molecule has 2 aromatic heterocycles. The summed E-state index contributed by atoms with van der Waals surface area (Å²) in [5.74, 6) is 0.952. The standard InChI is InChI=1S/C18H16F3N5O/c19-18(20,21)11-4-1-5-12(10-11)24-14-13(6-2-9-23-14)15-25-16(26-27-15)17(22)7-3-8-17/h1-2,4-6,9-10H,3,7-8,22H2,(H,23,24). The van der Waals surface area contributed by atoms with Gasteiger partial charge in [-0.2, -0.15) is 18.2 Å². The molecule has 1 saturated carbocycles. The van der Waals surface area contributed by atoms with Gasteiger partial charge in [-0.25, -0.2) is 4.98 Å². The van der Waals surface area contributed by atoms with Crippen LogP contribution in [0.15, 0.2) is 47.1 Å². The number of halogens is 3. The Morgan fingerprint density at radius 3 is 2.67 bits per heavy atom. The number of anilines is 2. The SMILES string of the molecule is NC1(c2noc(-c3cccnc3Nc3cccc(C(F)(F)F)c3)n2)CCC1. The van der Waals surface area contributed by atoms with Crippen molar-refractivity contribution in [3.63, 3.8) is 0 Å². The average molecular weight is 375 g/mol. The van der Waals surface area contributed by atoms with E-state index in [2.05, 4.69) is 20.4 Å². The van der Waals surface area contributed by atoms with Crippen LogP contribution < -0.4 is 11.1 Å². The Labute approximate surface area is 152 Å². The largest absolute Gasteiger partial charge is 0.416 e. The number of benzene rings is 1. The lowest BCUT2D eigenvalue weighted by Gasteiger charge is -2.34. The molecule has 0 amide bonds. The van der Waals surface area contributed by atoms with Crippen molar-refractivity contribution < 1.29 is 17.7 Å². The van der Waals surface area contributed by atoms with Crippen molar-refractivity contribution in [3.05, 3.63) is 54.0 Å². The number of pyridine rings is 1. The molecular formula is C18H16F3N5O. The van der Waals surface area contributed by atoms with Gasteiger partial charge in [0.2, 0.25) is 0 Å². The summed E-state index contributed by atoms with van der Waals surface area (Å²) in [7, 11) is 0. The first kappa shape index (κ1) is 17.5.